The second-order valence-corrected chi connectivity index (χ2v) is 11.8. The Kier molecular flexibility index (Phi) is 7.75. The van der Waals surface area contributed by atoms with Crippen molar-refractivity contribution in [2.24, 2.45) is 0 Å². The topological polar surface area (TPSA) is 79.7 Å². The lowest BCUT2D eigenvalue weighted by Gasteiger charge is -2.26. The Morgan fingerprint density at radius 1 is 0.767 bits per heavy atom. The first-order valence-electron chi connectivity index (χ1n) is 15.0. The number of aromatic nitrogens is 5. The summed E-state index contributed by atoms with van der Waals surface area (Å²) in [6.07, 6.45) is 9.01. The van der Waals surface area contributed by atoms with Gasteiger partial charge in [-0.2, -0.15) is 0 Å². The molecule has 0 bridgehead atoms. The van der Waals surface area contributed by atoms with Crippen LogP contribution in [0.25, 0.3) is 44.6 Å². The number of aromatic amines is 1. The predicted octanol–water partition coefficient (Wildman–Crippen LogP) is 7.12. The third kappa shape index (κ3) is 5.96. The van der Waals surface area contributed by atoms with Crippen LogP contribution in [0.2, 0.25) is 5.02 Å². The largest absolute Gasteiger partial charge is 0.324 e. The van der Waals surface area contributed by atoms with Crippen molar-refractivity contribution in [1.29, 1.82) is 0 Å². The second kappa shape index (κ2) is 12.1. The highest BCUT2D eigenvalue weighted by molar-refractivity contribution is 6.30. The van der Waals surface area contributed by atoms with Crippen LogP contribution < -0.4 is 5.56 Å². The van der Waals surface area contributed by atoms with Gasteiger partial charge in [-0.25, -0.2) is 9.97 Å². The monoisotopic (exact) mass is 588 g/mol. The van der Waals surface area contributed by atoms with Crippen LogP contribution in [0.4, 0.5) is 0 Å². The summed E-state index contributed by atoms with van der Waals surface area (Å²) in [4.78, 5) is 32.7. The minimum absolute atomic E-state index is 0.185. The zero-order valence-corrected chi connectivity index (χ0v) is 24.7. The number of benzene rings is 3. The molecule has 1 aliphatic heterocycles. The third-order valence-electron chi connectivity index (χ3n) is 8.38. The number of imidazole rings is 1. The van der Waals surface area contributed by atoms with E-state index in [1.165, 1.54) is 32.4 Å². The first kappa shape index (κ1) is 27.5. The Balaban J connectivity index is 1.27. The van der Waals surface area contributed by atoms with Crippen LogP contribution in [0.5, 0.6) is 0 Å². The van der Waals surface area contributed by atoms with Gasteiger partial charge in [-0.3, -0.25) is 9.78 Å². The highest BCUT2D eigenvalue weighted by Crippen LogP contribution is 2.30. The molecule has 1 saturated heterocycles. The summed E-state index contributed by atoms with van der Waals surface area (Å²) in [5.41, 5.74) is 7.93. The number of fused-ring (bicyclic) bond motifs is 2. The van der Waals surface area contributed by atoms with Gasteiger partial charge in [0.15, 0.2) is 0 Å². The minimum atomic E-state index is -0.185. The molecule has 0 unspecified atom stereocenters. The summed E-state index contributed by atoms with van der Waals surface area (Å²) in [5.74, 6) is 0.925. The lowest BCUT2D eigenvalue weighted by atomic mass is 10.0. The molecule has 1 N–H and O–H groups in total. The smallest absolute Gasteiger partial charge is 0.270 e. The molecule has 0 atom stereocenters. The Morgan fingerprint density at radius 3 is 2.26 bits per heavy atom. The molecule has 3 aromatic heterocycles. The van der Waals surface area contributed by atoms with E-state index < -0.39 is 0 Å². The fraction of sp³-hybridized carbons (Fsp3) is 0.257. The molecule has 0 aliphatic carbocycles. The summed E-state index contributed by atoms with van der Waals surface area (Å²) in [6, 6.07) is 24.2. The number of halogens is 1. The highest BCUT2D eigenvalue weighted by atomic mass is 35.5. The maximum absolute atomic E-state index is 13.0. The Hall–Kier alpha value is -4.33. The maximum Gasteiger partial charge on any atom is 0.270 e. The molecule has 43 heavy (non-hydrogen) atoms. The summed E-state index contributed by atoms with van der Waals surface area (Å²) in [5, 5.41) is 0.669. The quantitative estimate of drug-likeness (QED) is 0.205. The fourth-order valence-electron chi connectivity index (χ4n) is 6.10. The second-order valence-electron chi connectivity index (χ2n) is 11.3. The fourth-order valence-corrected chi connectivity index (χ4v) is 6.22. The molecule has 0 spiro atoms. The standard InChI is InChI=1S/C35H33ClN6O/c36-28-11-5-24(6-12-28)21-32-35(43)40-29-22-31-33(23-30(29)38-32)42(20-4-19-41-17-2-1-3-18-41)34(39-31)27-9-7-25(8-10-27)26-13-15-37-16-14-26/h5-16,22-23H,1-4,17-21H2,(H,40,43). The van der Waals surface area contributed by atoms with Gasteiger partial charge in [-0.05, 0) is 92.0 Å². The van der Waals surface area contributed by atoms with E-state index in [0.717, 1.165) is 64.1 Å². The van der Waals surface area contributed by atoms with E-state index in [9.17, 15) is 4.79 Å². The molecule has 0 radical (unpaired) electrons. The number of nitrogens with zero attached hydrogens (tertiary/aromatic N) is 5. The Bertz CT molecular complexity index is 1920. The number of nitrogens with one attached hydrogen (secondary N) is 1. The molecule has 7 rings (SSSR count). The van der Waals surface area contributed by atoms with E-state index in [1.807, 2.05) is 54.9 Å². The molecule has 4 heterocycles. The lowest BCUT2D eigenvalue weighted by Crippen LogP contribution is -2.31. The summed E-state index contributed by atoms with van der Waals surface area (Å²) in [7, 11) is 0. The first-order chi connectivity index (χ1) is 21.1. The molecular formula is C35H33ClN6O. The van der Waals surface area contributed by atoms with Crippen LogP contribution in [0.3, 0.4) is 0 Å². The molecule has 0 amide bonds. The van der Waals surface area contributed by atoms with Crippen molar-refractivity contribution in [2.75, 3.05) is 19.6 Å². The van der Waals surface area contributed by atoms with Crippen LogP contribution in [0.15, 0.2) is 90.0 Å². The molecule has 1 fully saturated rings. The molecule has 8 heteroatoms. The van der Waals surface area contributed by atoms with Gasteiger partial charge in [0, 0.05) is 35.9 Å². The summed E-state index contributed by atoms with van der Waals surface area (Å²) >= 11 is 6.06. The van der Waals surface area contributed by atoms with Gasteiger partial charge in [0.1, 0.15) is 11.5 Å². The van der Waals surface area contributed by atoms with Crippen molar-refractivity contribution < 1.29 is 0 Å². The molecule has 7 nitrogen and oxygen atoms in total. The van der Waals surface area contributed by atoms with Crippen molar-refractivity contribution in [3.63, 3.8) is 0 Å². The predicted molar refractivity (Wildman–Crippen MR) is 173 cm³/mol. The van der Waals surface area contributed by atoms with Crippen LogP contribution in [0.1, 0.15) is 36.9 Å². The molecule has 3 aromatic carbocycles. The first-order valence-corrected chi connectivity index (χ1v) is 15.4. The van der Waals surface area contributed by atoms with Crippen molar-refractivity contribution in [1.82, 2.24) is 29.4 Å². The van der Waals surface area contributed by atoms with Crippen molar-refractivity contribution in [3.8, 4) is 22.5 Å². The lowest BCUT2D eigenvalue weighted by molar-refractivity contribution is 0.223. The zero-order valence-electron chi connectivity index (χ0n) is 24.0. The number of H-pyrrole nitrogens is 1. The van der Waals surface area contributed by atoms with E-state index in [2.05, 4.69) is 49.8 Å². The third-order valence-corrected chi connectivity index (χ3v) is 8.63. The molecule has 0 saturated carbocycles. The van der Waals surface area contributed by atoms with Crippen molar-refractivity contribution >= 4 is 33.7 Å². The number of hydrogen-bond donors (Lipinski definition) is 1. The van der Waals surface area contributed by atoms with Gasteiger partial charge in [0.05, 0.1) is 22.1 Å². The number of hydrogen-bond acceptors (Lipinski definition) is 5. The highest BCUT2D eigenvalue weighted by Gasteiger charge is 2.17. The van der Waals surface area contributed by atoms with Crippen LogP contribution in [-0.2, 0) is 13.0 Å². The Morgan fingerprint density at radius 2 is 1.49 bits per heavy atom. The van der Waals surface area contributed by atoms with E-state index in [0.29, 0.717) is 22.7 Å². The van der Waals surface area contributed by atoms with E-state index in [-0.39, 0.29) is 5.56 Å². The number of rotatable bonds is 8. The molecule has 6 aromatic rings. The molecular weight excluding hydrogens is 556 g/mol. The molecule has 1 aliphatic rings. The zero-order chi connectivity index (χ0) is 29.2. The van der Waals surface area contributed by atoms with Gasteiger partial charge in [-0.1, -0.05) is 54.4 Å². The maximum atomic E-state index is 13.0. The van der Waals surface area contributed by atoms with Crippen LogP contribution >= 0.6 is 11.6 Å². The number of likely N-dealkylation sites (tertiary alicyclic amines) is 1. The van der Waals surface area contributed by atoms with E-state index >= 15 is 0 Å². The van der Waals surface area contributed by atoms with E-state index in [4.69, 9.17) is 21.6 Å². The van der Waals surface area contributed by atoms with Crippen molar-refractivity contribution in [2.45, 2.75) is 38.6 Å². The molecule has 216 valence electrons. The van der Waals surface area contributed by atoms with Gasteiger partial charge < -0.3 is 14.5 Å². The van der Waals surface area contributed by atoms with Gasteiger partial charge in [0.2, 0.25) is 0 Å². The average molecular weight is 589 g/mol. The van der Waals surface area contributed by atoms with Gasteiger partial charge >= 0.3 is 0 Å². The average Bonchev–Trinajstić information content (AvgIpc) is 3.39. The summed E-state index contributed by atoms with van der Waals surface area (Å²) in [6.45, 7) is 4.30. The number of piperidine rings is 1. The van der Waals surface area contributed by atoms with E-state index in [1.54, 1.807) is 0 Å². The Labute approximate surface area is 255 Å². The van der Waals surface area contributed by atoms with Crippen LogP contribution in [0, 0.1) is 0 Å². The number of aryl methyl sites for hydroxylation is 1. The number of pyridine rings is 1. The van der Waals surface area contributed by atoms with Gasteiger partial charge in [-0.15, -0.1) is 0 Å². The normalized spacial score (nSPS) is 14.1. The SMILES string of the molecule is O=c1[nH]c2cc3nc(-c4ccc(-c5ccncc5)cc4)n(CCCN4CCCCC4)c3cc2nc1Cc1ccc(Cl)cc1. The minimum Gasteiger partial charge on any atom is -0.324 e. The van der Waals surface area contributed by atoms with Gasteiger partial charge in [0.25, 0.3) is 5.56 Å². The summed E-state index contributed by atoms with van der Waals surface area (Å²) < 4.78 is 2.33. The van der Waals surface area contributed by atoms with Crippen molar-refractivity contribution in [3.05, 3.63) is 112 Å². The van der Waals surface area contributed by atoms with Crippen LogP contribution in [-0.4, -0.2) is 49.0 Å².